The van der Waals surface area contributed by atoms with Gasteiger partial charge in [-0.3, -0.25) is 19.8 Å². The summed E-state index contributed by atoms with van der Waals surface area (Å²) in [6.07, 6.45) is 0. The highest BCUT2D eigenvalue weighted by Gasteiger charge is 2.50. The quantitative estimate of drug-likeness (QED) is 0.285. The van der Waals surface area contributed by atoms with E-state index >= 15 is 0 Å². The molecule has 3 amide bonds. The predicted octanol–water partition coefficient (Wildman–Crippen LogP) is 2.31. The van der Waals surface area contributed by atoms with Crippen LogP contribution in [0, 0.1) is 5.92 Å². The molecule has 2 aromatic carbocycles. The fourth-order valence-corrected chi connectivity index (χ4v) is 2.93. The van der Waals surface area contributed by atoms with Gasteiger partial charge in [0.15, 0.2) is 11.0 Å². The molecule has 0 bridgehead atoms. The van der Waals surface area contributed by atoms with Gasteiger partial charge in [-0.25, -0.2) is 4.90 Å². The number of halogens is 2. The highest BCUT2D eigenvalue weighted by atomic mass is 35.5. The number of benzene rings is 2. The number of hydrogen-bond donors (Lipinski definition) is 3. The lowest BCUT2D eigenvalue weighted by atomic mass is 10.0. The van der Waals surface area contributed by atoms with Gasteiger partial charge < -0.3 is 11.1 Å². The summed E-state index contributed by atoms with van der Waals surface area (Å²) in [6.45, 7) is 0. The molecule has 1 heterocycles. The first kappa shape index (κ1) is 20.7. The van der Waals surface area contributed by atoms with E-state index in [-0.39, 0.29) is 16.5 Å². The summed E-state index contributed by atoms with van der Waals surface area (Å²) in [6, 6.07) is 12.3. The van der Waals surface area contributed by atoms with Crippen molar-refractivity contribution in [3.63, 3.8) is 0 Å². The molecule has 29 heavy (non-hydrogen) atoms. The van der Waals surface area contributed by atoms with Crippen molar-refractivity contribution in [2.75, 3.05) is 10.2 Å². The zero-order chi connectivity index (χ0) is 21.1. The monoisotopic (exact) mass is 449 g/mol. The fourth-order valence-electron chi connectivity index (χ4n) is 2.63. The maximum absolute atomic E-state index is 13.0. The number of nitrogens with zero attached hydrogens (tertiary/aromatic N) is 2. The van der Waals surface area contributed by atoms with Gasteiger partial charge in [0.1, 0.15) is 5.71 Å². The largest absolute Gasteiger partial charge is 0.375 e. The SMILES string of the molecule is NC(=S)N/N=C1/C(=O)N(c2ccc(Cl)cc2)C(=O)[C@@H]1C(=O)Nc1ccc(Cl)cc1. The van der Waals surface area contributed by atoms with Crippen molar-refractivity contribution >= 4 is 75.3 Å². The van der Waals surface area contributed by atoms with E-state index in [4.69, 9.17) is 28.9 Å². The number of nitrogens with one attached hydrogen (secondary N) is 2. The van der Waals surface area contributed by atoms with Crippen LogP contribution in [0.4, 0.5) is 11.4 Å². The Morgan fingerprint density at radius 1 is 1.03 bits per heavy atom. The van der Waals surface area contributed by atoms with Crippen LogP contribution in [0.3, 0.4) is 0 Å². The molecule has 1 saturated heterocycles. The third-order valence-corrected chi connectivity index (χ3v) is 4.50. The lowest BCUT2D eigenvalue weighted by Gasteiger charge is -2.14. The standard InChI is InChI=1S/C18H13Cl2N5O3S/c19-9-1-5-11(6-2-9)22-15(26)13-14(23-24-18(21)29)17(28)25(16(13)27)12-7-3-10(20)4-8-12/h1-8,13H,(H,22,26)(H3,21,24,29)/b23-14+/t13-/m0/s1. The first-order valence-electron chi connectivity index (χ1n) is 8.11. The van der Waals surface area contributed by atoms with E-state index in [9.17, 15) is 14.4 Å². The minimum absolute atomic E-state index is 0.223. The third kappa shape index (κ3) is 4.53. The Morgan fingerprint density at radius 3 is 2.14 bits per heavy atom. The van der Waals surface area contributed by atoms with Gasteiger partial charge in [0, 0.05) is 15.7 Å². The van der Waals surface area contributed by atoms with Gasteiger partial charge in [-0.15, -0.1) is 0 Å². The van der Waals surface area contributed by atoms with Crippen LogP contribution in [0.2, 0.25) is 10.0 Å². The minimum Gasteiger partial charge on any atom is -0.375 e. The van der Waals surface area contributed by atoms with Crippen LogP contribution < -0.4 is 21.4 Å². The summed E-state index contributed by atoms with van der Waals surface area (Å²) in [4.78, 5) is 39.5. The average Bonchev–Trinajstić information content (AvgIpc) is 2.92. The molecule has 4 N–H and O–H groups in total. The molecule has 148 valence electrons. The van der Waals surface area contributed by atoms with Crippen LogP contribution in [0.1, 0.15) is 0 Å². The first-order valence-corrected chi connectivity index (χ1v) is 9.27. The van der Waals surface area contributed by atoms with Crippen LogP contribution in [0.15, 0.2) is 53.6 Å². The molecule has 1 atom stereocenters. The molecule has 1 aliphatic heterocycles. The molecule has 2 aromatic rings. The van der Waals surface area contributed by atoms with Crippen molar-refractivity contribution in [2.45, 2.75) is 0 Å². The summed E-state index contributed by atoms with van der Waals surface area (Å²) in [7, 11) is 0. The number of anilines is 2. The van der Waals surface area contributed by atoms with Gasteiger partial charge in [0.05, 0.1) is 5.69 Å². The third-order valence-electron chi connectivity index (χ3n) is 3.91. The predicted molar refractivity (Wildman–Crippen MR) is 115 cm³/mol. The summed E-state index contributed by atoms with van der Waals surface area (Å²) >= 11 is 16.4. The summed E-state index contributed by atoms with van der Waals surface area (Å²) in [5.41, 5.74) is 7.90. The van der Waals surface area contributed by atoms with E-state index in [0.717, 1.165) is 4.90 Å². The number of amides is 3. The van der Waals surface area contributed by atoms with Crippen LogP contribution in [0.5, 0.6) is 0 Å². The van der Waals surface area contributed by atoms with Crippen molar-refractivity contribution < 1.29 is 14.4 Å². The minimum atomic E-state index is -1.50. The zero-order valence-corrected chi connectivity index (χ0v) is 16.9. The molecular formula is C18H13Cl2N5O3S. The van der Waals surface area contributed by atoms with Gasteiger partial charge in [0.25, 0.3) is 11.8 Å². The maximum atomic E-state index is 13.0. The fraction of sp³-hybridized carbons (Fsp3) is 0.0556. The molecule has 1 fully saturated rings. The Hall–Kier alpha value is -3.01. The van der Waals surface area contributed by atoms with Gasteiger partial charge >= 0.3 is 0 Å². The van der Waals surface area contributed by atoms with E-state index in [1.54, 1.807) is 24.3 Å². The van der Waals surface area contributed by atoms with E-state index in [0.29, 0.717) is 15.7 Å². The lowest BCUT2D eigenvalue weighted by molar-refractivity contribution is -0.127. The van der Waals surface area contributed by atoms with Crippen LogP contribution in [0.25, 0.3) is 0 Å². The van der Waals surface area contributed by atoms with Crippen molar-refractivity contribution in [3.8, 4) is 0 Å². The Morgan fingerprint density at radius 2 is 1.59 bits per heavy atom. The van der Waals surface area contributed by atoms with Crippen molar-refractivity contribution in [1.82, 2.24) is 5.43 Å². The molecule has 1 aliphatic rings. The van der Waals surface area contributed by atoms with Gasteiger partial charge in [-0.05, 0) is 60.7 Å². The van der Waals surface area contributed by atoms with Crippen molar-refractivity contribution in [3.05, 3.63) is 58.6 Å². The number of imide groups is 1. The maximum Gasteiger partial charge on any atom is 0.282 e. The molecule has 0 aliphatic carbocycles. The molecule has 0 unspecified atom stereocenters. The second kappa shape index (κ2) is 8.56. The van der Waals surface area contributed by atoms with Gasteiger partial charge in [-0.2, -0.15) is 5.10 Å². The van der Waals surface area contributed by atoms with E-state index in [1.165, 1.54) is 24.3 Å². The lowest BCUT2D eigenvalue weighted by Crippen LogP contribution is -2.35. The molecule has 0 radical (unpaired) electrons. The molecule has 0 aromatic heterocycles. The van der Waals surface area contributed by atoms with Crippen LogP contribution in [-0.4, -0.2) is 28.5 Å². The van der Waals surface area contributed by atoms with E-state index in [2.05, 4.69) is 28.1 Å². The highest BCUT2D eigenvalue weighted by molar-refractivity contribution is 7.80. The number of carbonyl (C=O) groups excluding carboxylic acids is 3. The number of nitrogens with two attached hydrogens (primary N) is 1. The van der Waals surface area contributed by atoms with Crippen LogP contribution in [-0.2, 0) is 14.4 Å². The molecule has 3 rings (SSSR count). The second-order valence-corrected chi connectivity index (χ2v) is 7.17. The average molecular weight is 450 g/mol. The number of thiocarbonyl (C=S) groups is 1. The number of hydrazone groups is 1. The van der Waals surface area contributed by atoms with Crippen molar-refractivity contribution in [2.24, 2.45) is 16.8 Å². The number of rotatable bonds is 4. The highest BCUT2D eigenvalue weighted by Crippen LogP contribution is 2.27. The zero-order valence-electron chi connectivity index (χ0n) is 14.6. The Bertz CT molecular complexity index is 1020. The normalized spacial score (nSPS) is 17.5. The number of carbonyl (C=O) groups is 3. The Balaban J connectivity index is 1.95. The molecule has 0 saturated carbocycles. The summed E-state index contributed by atoms with van der Waals surface area (Å²) < 4.78 is 0. The molecular weight excluding hydrogens is 437 g/mol. The Labute approximate surface area is 180 Å². The smallest absolute Gasteiger partial charge is 0.282 e. The summed E-state index contributed by atoms with van der Waals surface area (Å²) in [5.74, 6) is -3.80. The van der Waals surface area contributed by atoms with E-state index in [1.807, 2.05) is 0 Å². The summed E-state index contributed by atoms with van der Waals surface area (Å²) in [5, 5.41) is 7.04. The molecule has 11 heteroatoms. The number of hydrogen-bond acceptors (Lipinski definition) is 5. The van der Waals surface area contributed by atoms with E-state index < -0.39 is 23.6 Å². The topological polar surface area (TPSA) is 117 Å². The van der Waals surface area contributed by atoms with Gasteiger partial charge in [-0.1, -0.05) is 23.2 Å². The second-order valence-electron chi connectivity index (χ2n) is 5.86. The van der Waals surface area contributed by atoms with Crippen LogP contribution >= 0.6 is 35.4 Å². The van der Waals surface area contributed by atoms with Gasteiger partial charge in [0.2, 0.25) is 5.91 Å². The Kier molecular flexibility index (Phi) is 6.12. The molecule has 0 spiro atoms. The molecule has 8 nitrogen and oxygen atoms in total. The first-order chi connectivity index (χ1) is 13.8. The van der Waals surface area contributed by atoms with Crippen molar-refractivity contribution in [1.29, 1.82) is 0 Å².